The second-order valence-corrected chi connectivity index (χ2v) is 3.74. The first kappa shape index (κ1) is 10.4. The first-order valence-corrected chi connectivity index (χ1v) is 5.66. The lowest BCUT2D eigenvalue weighted by molar-refractivity contribution is 0.474. The van der Waals surface area contributed by atoms with E-state index in [1.807, 2.05) is 0 Å². The van der Waals surface area contributed by atoms with Gasteiger partial charge in [0.1, 0.15) is 5.75 Å². The Morgan fingerprint density at radius 3 is 2.85 bits per heavy atom. The number of aromatic hydroxyl groups is 1. The van der Waals surface area contributed by atoms with E-state index in [1.54, 1.807) is 6.26 Å². The summed E-state index contributed by atoms with van der Waals surface area (Å²) >= 11 is -0.974. The van der Waals surface area contributed by atoms with Crippen molar-refractivity contribution in [3.63, 3.8) is 0 Å². The van der Waals surface area contributed by atoms with Gasteiger partial charge in [0.15, 0.2) is 0 Å². The predicted octanol–water partition coefficient (Wildman–Crippen LogP) is 1.32. The molecule has 13 heavy (non-hydrogen) atoms. The molecule has 1 atom stereocenters. The van der Waals surface area contributed by atoms with Crippen LogP contribution in [0.2, 0.25) is 0 Å². The summed E-state index contributed by atoms with van der Waals surface area (Å²) in [6.45, 7) is 0. The summed E-state index contributed by atoms with van der Waals surface area (Å²) in [7, 11) is 0. The number of thioether (sulfide) groups is 1. The zero-order valence-electron chi connectivity index (χ0n) is 6.81. The number of phenols is 1. The highest BCUT2D eigenvalue weighted by Crippen LogP contribution is 2.28. The molecule has 0 radical (unpaired) electrons. The van der Waals surface area contributed by atoms with E-state index in [4.69, 9.17) is 5.11 Å². The molecule has 0 heterocycles. The molecule has 0 saturated carbocycles. The van der Waals surface area contributed by atoms with Gasteiger partial charge in [0.25, 0.3) is 0 Å². The number of anilines is 1. The van der Waals surface area contributed by atoms with Gasteiger partial charge in [0.05, 0.1) is 5.69 Å². The number of phenolic OH excluding ortho intramolecular Hbond substituents is 1. The van der Waals surface area contributed by atoms with Gasteiger partial charge in [0, 0.05) is 16.2 Å². The quantitative estimate of drug-likeness (QED) is 0.456. The second kappa shape index (κ2) is 4.50. The number of nitrogens with one attached hydrogen (secondary N) is 1. The molecule has 2 N–H and O–H groups in total. The highest BCUT2D eigenvalue weighted by Gasteiger charge is 2.01. The van der Waals surface area contributed by atoms with E-state index < -0.39 is 11.3 Å². The van der Waals surface area contributed by atoms with Crippen molar-refractivity contribution in [1.82, 2.24) is 0 Å². The van der Waals surface area contributed by atoms with Gasteiger partial charge in [-0.15, -0.1) is 11.8 Å². The molecule has 0 aliphatic rings. The maximum absolute atomic E-state index is 10.3. The van der Waals surface area contributed by atoms with Crippen LogP contribution in [0.4, 0.5) is 5.69 Å². The number of hydrogen-bond donors (Lipinski definition) is 2. The Labute approximate surface area is 82.8 Å². The summed E-state index contributed by atoms with van der Waals surface area (Å²) in [5.74, 6) is 0.117. The minimum atomic E-state index is -2.33. The maximum atomic E-state index is 10.3. The molecule has 0 aromatic heterocycles. The SMILES string of the molecule is CSc1cc(O)ccc1NS(=O)[O-]. The molecule has 0 spiro atoms. The molecule has 0 aliphatic heterocycles. The van der Waals surface area contributed by atoms with E-state index in [0.29, 0.717) is 10.6 Å². The first-order chi connectivity index (χ1) is 6.13. The molecule has 1 aromatic carbocycles. The van der Waals surface area contributed by atoms with Gasteiger partial charge < -0.3 is 14.4 Å². The summed E-state index contributed by atoms with van der Waals surface area (Å²) in [5, 5.41) is 9.11. The zero-order chi connectivity index (χ0) is 9.84. The number of rotatable bonds is 3. The van der Waals surface area contributed by atoms with E-state index >= 15 is 0 Å². The van der Waals surface area contributed by atoms with E-state index in [9.17, 15) is 8.76 Å². The van der Waals surface area contributed by atoms with Crippen LogP contribution in [0.5, 0.6) is 5.75 Å². The largest absolute Gasteiger partial charge is 0.755 e. The molecule has 0 bridgehead atoms. The molecule has 0 saturated heterocycles. The average molecular weight is 218 g/mol. The molecule has 1 aromatic rings. The Kier molecular flexibility index (Phi) is 3.58. The number of benzene rings is 1. The van der Waals surface area contributed by atoms with Gasteiger partial charge in [-0.3, -0.25) is 4.21 Å². The third-order valence-corrected chi connectivity index (χ3v) is 2.54. The molecule has 0 aliphatic carbocycles. The Morgan fingerprint density at radius 1 is 1.62 bits per heavy atom. The Bertz CT molecular complexity index is 330. The summed E-state index contributed by atoms with van der Waals surface area (Å²) in [5.41, 5.74) is 0.471. The Balaban J connectivity index is 2.99. The molecule has 6 heteroatoms. The Hall–Kier alpha value is -0.720. The molecule has 0 amide bonds. The third-order valence-electron chi connectivity index (χ3n) is 1.38. The summed E-state index contributed by atoms with van der Waals surface area (Å²) < 4.78 is 22.9. The van der Waals surface area contributed by atoms with Crippen LogP contribution in [0, 0.1) is 0 Å². The lowest BCUT2D eigenvalue weighted by Gasteiger charge is -2.11. The van der Waals surface area contributed by atoms with Crippen molar-refractivity contribution in [2.24, 2.45) is 0 Å². The van der Waals surface area contributed by atoms with Gasteiger partial charge in [0.2, 0.25) is 0 Å². The first-order valence-electron chi connectivity index (χ1n) is 3.36. The highest BCUT2D eigenvalue weighted by atomic mass is 32.2. The minimum absolute atomic E-state index is 0.117. The van der Waals surface area contributed by atoms with Crippen LogP contribution in [0.1, 0.15) is 0 Å². The Morgan fingerprint density at radius 2 is 2.31 bits per heavy atom. The van der Waals surface area contributed by atoms with Gasteiger partial charge in [-0.25, -0.2) is 0 Å². The fourth-order valence-corrected chi connectivity index (χ4v) is 1.85. The van der Waals surface area contributed by atoms with Crippen LogP contribution in [0.15, 0.2) is 23.1 Å². The van der Waals surface area contributed by atoms with Gasteiger partial charge >= 0.3 is 0 Å². The van der Waals surface area contributed by atoms with Crippen LogP contribution in [0.25, 0.3) is 0 Å². The molecule has 4 nitrogen and oxygen atoms in total. The summed E-state index contributed by atoms with van der Waals surface area (Å²) in [4.78, 5) is 0.684. The fourth-order valence-electron chi connectivity index (χ4n) is 0.854. The maximum Gasteiger partial charge on any atom is 0.116 e. The monoisotopic (exact) mass is 218 g/mol. The lowest BCUT2D eigenvalue weighted by Crippen LogP contribution is -2.02. The molecule has 0 fully saturated rings. The van der Waals surface area contributed by atoms with Gasteiger partial charge in [-0.1, -0.05) is 0 Å². The normalized spacial score (nSPS) is 12.5. The van der Waals surface area contributed by atoms with Crippen molar-refractivity contribution < 1.29 is 13.9 Å². The second-order valence-electron chi connectivity index (χ2n) is 2.22. The van der Waals surface area contributed by atoms with Crippen LogP contribution in [0.3, 0.4) is 0 Å². The van der Waals surface area contributed by atoms with Crippen molar-refractivity contribution in [2.45, 2.75) is 4.90 Å². The molecular formula is C7H8NO3S2-. The van der Waals surface area contributed by atoms with Crippen LogP contribution >= 0.6 is 11.8 Å². The van der Waals surface area contributed by atoms with E-state index in [1.165, 1.54) is 30.0 Å². The molecule has 72 valence electrons. The lowest BCUT2D eigenvalue weighted by atomic mass is 10.3. The number of hydrogen-bond acceptors (Lipinski definition) is 4. The smallest absolute Gasteiger partial charge is 0.116 e. The van der Waals surface area contributed by atoms with Gasteiger partial charge in [-0.05, 0) is 24.5 Å². The van der Waals surface area contributed by atoms with Crippen LogP contribution < -0.4 is 4.72 Å². The highest BCUT2D eigenvalue weighted by molar-refractivity contribution is 7.98. The van der Waals surface area contributed by atoms with Crippen LogP contribution in [-0.4, -0.2) is 20.1 Å². The molecule has 1 rings (SSSR count). The predicted molar refractivity (Wildman–Crippen MR) is 52.4 cm³/mol. The van der Waals surface area contributed by atoms with E-state index in [2.05, 4.69) is 4.72 Å². The fraction of sp³-hybridized carbons (Fsp3) is 0.143. The molecular weight excluding hydrogens is 210 g/mol. The molecule has 1 unspecified atom stereocenters. The van der Waals surface area contributed by atoms with Crippen molar-refractivity contribution in [3.05, 3.63) is 18.2 Å². The van der Waals surface area contributed by atoms with Crippen molar-refractivity contribution in [1.29, 1.82) is 0 Å². The van der Waals surface area contributed by atoms with Crippen molar-refractivity contribution >= 4 is 28.7 Å². The standard InChI is InChI=1S/C7H9NO3S2/c1-12-7-4-5(9)2-3-6(7)8-13(10)11/h2-4,8-9H,1H3,(H,10,11)/p-1. The average Bonchev–Trinajstić information content (AvgIpc) is 2.07. The van der Waals surface area contributed by atoms with Crippen molar-refractivity contribution in [3.8, 4) is 5.75 Å². The third kappa shape index (κ3) is 2.91. The van der Waals surface area contributed by atoms with Crippen LogP contribution in [-0.2, 0) is 11.3 Å². The van der Waals surface area contributed by atoms with Crippen molar-refractivity contribution in [2.75, 3.05) is 11.0 Å². The zero-order valence-corrected chi connectivity index (χ0v) is 8.45. The minimum Gasteiger partial charge on any atom is -0.755 e. The van der Waals surface area contributed by atoms with E-state index in [0.717, 1.165) is 0 Å². The summed E-state index contributed by atoms with van der Waals surface area (Å²) in [6.07, 6.45) is 1.80. The van der Waals surface area contributed by atoms with Gasteiger partial charge in [-0.2, -0.15) is 0 Å². The topological polar surface area (TPSA) is 72.4 Å². The summed E-state index contributed by atoms with van der Waals surface area (Å²) in [6, 6.07) is 4.44. The van der Waals surface area contributed by atoms with E-state index in [-0.39, 0.29) is 5.75 Å².